The van der Waals surface area contributed by atoms with Crippen LogP contribution in [-0.2, 0) is 0 Å². The van der Waals surface area contributed by atoms with Crippen LogP contribution in [0, 0.1) is 10.1 Å². The Labute approximate surface area is 112 Å². The summed E-state index contributed by atoms with van der Waals surface area (Å²) < 4.78 is 0. The number of nitrogen functional groups attached to an aromatic ring is 1. The number of anilines is 1. The molecular formula is C13H21N3O3. The van der Waals surface area contributed by atoms with E-state index in [2.05, 4.69) is 5.32 Å². The second-order valence-corrected chi connectivity index (χ2v) is 4.73. The first-order valence-electron chi connectivity index (χ1n) is 6.36. The van der Waals surface area contributed by atoms with Gasteiger partial charge in [0.2, 0.25) is 0 Å². The third kappa shape index (κ3) is 4.50. The standard InChI is InChI=1S/C13H21N3O3/c1-9(4-3-7-17)15-10(2)11-5-6-12(14)13(8-11)16(18)19/h5-6,8-10,15,17H,3-4,7,14H2,1-2H3/t9-,10+/m0/s1. The molecule has 0 unspecified atom stereocenters. The fourth-order valence-electron chi connectivity index (χ4n) is 1.99. The molecule has 0 amide bonds. The van der Waals surface area contributed by atoms with Crippen molar-refractivity contribution < 1.29 is 10.0 Å². The molecule has 0 aromatic heterocycles. The number of nitro benzene ring substituents is 1. The summed E-state index contributed by atoms with van der Waals surface area (Å²) in [6.45, 7) is 4.15. The number of rotatable bonds is 7. The third-order valence-electron chi connectivity index (χ3n) is 3.08. The maximum absolute atomic E-state index is 10.8. The van der Waals surface area contributed by atoms with E-state index in [1.807, 2.05) is 13.8 Å². The number of nitrogens with zero attached hydrogens (tertiary/aromatic N) is 1. The van der Waals surface area contributed by atoms with Gasteiger partial charge in [0.1, 0.15) is 5.69 Å². The van der Waals surface area contributed by atoms with Gasteiger partial charge in [-0.1, -0.05) is 6.07 Å². The van der Waals surface area contributed by atoms with Gasteiger partial charge in [-0.05, 0) is 38.3 Å². The van der Waals surface area contributed by atoms with Crippen LogP contribution in [0.4, 0.5) is 11.4 Å². The lowest BCUT2D eigenvalue weighted by Gasteiger charge is -2.20. The van der Waals surface area contributed by atoms with Gasteiger partial charge in [0.25, 0.3) is 5.69 Å². The number of nitrogens with two attached hydrogens (primary N) is 1. The summed E-state index contributed by atoms with van der Waals surface area (Å²) in [5.74, 6) is 0. The molecule has 0 saturated heterocycles. The largest absolute Gasteiger partial charge is 0.396 e. The van der Waals surface area contributed by atoms with Crippen molar-refractivity contribution in [3.63, 3.8) is 0 Å². The van der Waals surface area contributed by atoms with E-state index in [0.29, 0.717) is 0 Å². The summed E-state index contributed by atoms with van der Waals surface area (Å²) in [4.78, 5) is 10.4. The number of nitrogens with one attached hydrogen (secondary N) is 1. The van der Waals surface area contributed by atoms with Gasteiger partial charge in [0, 0.05) is 24.8 Å². The monoisotopic (exact) mass is 267 g/mol. The summed E-state index contributed by atoms with van der Waals surface area (Å²) in [5, 5.41) is 23.0. The molecule has 0 bridgehead atoms. The van der Waals surface area contributed by atoms with E-state index in [9.17, 15) is 10.1 Å². The van der Waals surface area contributed by atoms with Crippen LogP contribution in [0.1, 0.15) is 38.3 Å². The van der Waals surface area contributed by atoms with Crippen LogP contribution in [0.2, 0.25) is 0 Å². The second-order valence-electron chi connectivity index (χ2n) is 4.73. The van der Waals surface area contributed by atoms with Crippen LogP contribution in [0.15, 0.2) is 18.2 Å². The van der Waals surface area contributed by atoms with Crippen LogP contribution in [-0.4, -0.2) is 22.7 Å². The van der Waals surface area contributed by atoms with Crippen molar-refractivity contribution in [1.29, 1.82) is 0 Å². The van der Waals surface area contributed by atoms with E-state index in [4.69, 9.17) is 10.8 Å². The molecule has 0 aliphatic carbocycles. The third-order valence-corrected chi connectivity index (χ3v) is 3.08. The second kappa shape index (κ2) is 7.06. The minimum absolute atomic E-state index is 0.00649. The smallest absolute Gasteiger partial charge is 0.292 e. The molecule has 2 atom stereocenters. The Morgan fingerprint density at radius 1 is 1.47 bits per heavy atom. The fraction of sp³-hybridized carbons (Fsp3) is 0.538. The topological polar surface area (TPSA) is 101 Å². The van der Waals surface area contributed by atoms with Gasteiger partial charge in [0.05, 0.1) is 4.92 Å². The molecule has 0 fully saturated rings. The quantitative estimate of drug-likeness (QED) is 0.398. The van der Waals surface area contributed by atoms with Crippen molar-refractivity contribution in [3.05, 3.63) is 33.9 Å². The summed E-state index contributed by atoms with van der Waals surface area (Å²) in [6, 6.07) is 5.08. The summed E-state index contributed by atoms with van der Waals surface area (Å²) >= 11 is 0. The molecule has 1 aromatic rings. The van der Waals surface area contributed by atoms with Crippen LogP contribution in [0.3, 0.4) is 0 Å². The molecule has 0 spiro atoms. The minimum Gasteiger partial charge on any atom is -0.396 e. The maximum Gasteiger partial charge on any atom is 0.292 e. The lowest BCUT2D eigenvalue weighted by Crippen LogP contribution is -2.29. The molecule has 6 nitrogen and oxygen atoms in total. The number of benzene rings is 1. The Balaban J connectivity index is 2.74. The first-order valence-corrected chi connectivity index (χ1v) is 6.36. The predicted octanol–water partition coefficient (Wildman–Crippen LogP) is 1.99. The summed E-state index contributed by atoms with van der Waals surface area (Å²) in [6.07, 6.45) is 1.60. The fourth-order valence-corrected chi connectivity index (χ4v) is 1.99. The number of nitro groups is 1. The molecule has 1 rings (SSSR count). The van der Waals surface area contributed by atoms with Gasteiger partial charge in [0.15, 0.2) is 0 Å². The zero-order valence-electron chi connectivity index (χ0n) is 11.3. The van der Waals surface area contributed by atoms with Gasteiger partial charge in [-0.15, -0.1) is 0 Å². The number of aliphatic hydroxyl groups is 1. The molecule has 6 heteroatoms. The Kier molecular flexibility index (Phi) is 5.72. The van der Waals surface area contributed by atoms with E-state index in [-0.39, 0.29) is 30.1 Å². The normalized spacial score (nSPS) is 14.1. The average Bonchev–Trinajstić information content (AvgIpc) is 2.36. The van der Waals surface area contributed by atoms with Crippen LogP contribution in [0.25, 0.3) is 0 Å². The highest BCUT2D eigenvalue weighted by Crippen LogP contribution is 2.25. The Morgan fingerprint density at radius 3 is 2.74 bits per heavy atom. The molecule has 4 N–H and O–H groups in total. The highest BCUT2D eigenvalue weighted by atomic mass is 16.6. The van der Waals surface area contributed by atoms with E-state index in [1.54, 1.807) is 12.1 Å². The van der Waals surface area contributed by atoms with E-state index in [1.165, 1.54) is 6.07 Å². The Morgan fingerprint density at radius 2 is 2.16 bits per heavy atom. The average molecular weight is 267 g/mol. The molecule has 0 heterocycles. The van der Waals surface area contributed by atoms with Gasteiger partial charge in [-0.3, -0.25) is 10.1 Å². The van der Waals surface area contributed by atoms with Crippen molar-refractivity contribution >= 4 is 11.4 Å². The number of hydrogen-bond acceptors (Lipinski definition) is 5. The Hall–Kier alpha value is -1.66. The summed E-state index contributed by atoms with van der Waals surface area (Å²) in [5.41, 5.74) is 6.51. The highest BCUT2D eigenvalue weighted by molar-refractivity contribution is 5.59. The van der Waals surface area contributed by atoms with Crippen molar-refractivity contribution in [2.75, 3.05) is 12.3 Å². The lowest BCUT2D eigenvalue weighted by molar-refractivity contribution is -0.384. The minimum atomic E-state index is -0.471. The SMILES string of the molecule is C[C@@H](CCCO)N[C@H](C)c1ccc(N)c([N+](=O)[O-])c1. The zero-order valence-corrected chi connectivity index (χ0v) is 11.3. The van der Waals surface area contributed by atoms with Crippen LogP contribution < -0.4 is 11.1 Å². The van der Waals surface area contributed by atoms with Crippen molar-refractivity contribution in [2.45, 2.75) is 38.8 Å². The molecule has 0 saturated carbocycles. The molecule has 0 radical (unpaired) electrons. The molecular weight excluding hydrogens is 246 g/mol. The molecule has 1 aromatic carbocycles. The van der Waals surface area contributed by atoms with Crippen LogP contribution >= 0.6 is 0 Å². The van der Waals surface area contributed by atoms with Gasteiger partial charge in [-0.25, -0.2) is 0 Å². The maximum atomic E-state index is 10.8. The van der Waals surface area contributed by atoms with E-state index in [0.717, 1.165) is 18.4 Å². The lowest BCUT2D eigenvalue weighted by atomic mass is 10.0. The Bertz CT molecular complexity index is 437. The van der Waals surface area contributed by atoms with Gasteiger partial charge >= 0.3 is 0 Å². The predicted molar refractivity (Wildman–Crippen MR) is 74.8 cm³/mol. The molecule has 0 aliphatic rings. The highest BCUT2D eigenvalue weighted by Gasteiger charge is 2.16. The van der Waals surface area contributed by atoms with Crippen molar-refractivity contribution in [3.8, 4) is 0 Å². The van der Waals surface area contributed by atoms with Crippen LogP contribution in [0.5, 0.6) is 0 Å². The molecule has 19 heavy (non-hydrogen) atoms. The first kappa shape index (κ1) is 15.4. The first-order chi connectivity index (χ1) is 8.95. The summed E-state index contributed by atoms with van der Waals surface area (Å²) in [7, 11) is 0. The van der Waals surface area contributed by atoms with Gasteiger partial charge < -0.3 is 16.2 Å². The number of aliphatic hydroxyl groups excluding tert-OH is 1. The molecule has 106 valence electrons. The van der Waals surface area contributed by atoms with E-state index < -0.39 is 4.92 Å². The zero-order chi connectivity index (χ0) is 14.4. The number of hydrogen-bond donors (Lipinski definition) is 3. The molecule has 0 aliphatic heterocycles. The van der Waals surface area contributed by atoms with Crippen molar-refractivity contribution in [2.24, 2.45) is 0 Å². The van der Waals surface area contributed by atoms with Gasteiger partial charge in [-0.2, -0.15) is 0 Å². The van der Waals surface area contributed by atoms with E-state index >= 15 is 0 Å². The van der Waals surface area contributed by atoms with Crippen molar-refractivity contribution in [1.82, 2.24) is 5.32 Å².